The first-order valence-electron chi connectivity index (χ1n) is 11.2. The summed E-state index contributed by atoms with van der Waals surface area (Å²) in [5.41, 5.74) is 8.42. The average Bonchev–Trinajstić information content (AvgIpc) is 3.05. The van der Waals surface area contributed by atoms with Gasteiger partial charge < -0.3 is 0 Å². The van der Waals surface area contributed by atoms with Crippen LogP contribution in [-0.2, 0) is 10.8 Å². The van der Waals surface area contributed by atoms with Crippen molar-refractivity contribution in [3.63, 3.8) is 0 Å². The Bertz CT molecular complexity index is 1120. The Morgan fingerprint density at radius 2 is 0.839 bits per heavy atom. The highest BCUT2D eigenvalue weighted by atomic mass is 32.1. The van der Waals surface area contributed by atoms with Crippen molar-refractivity contribution in [1.82, 2.24) is 0 Å². The lowest BCUT2D eigenvalue weighted by Crippen LogP contribution is -2.10. The first-order chi connectivity index (χ1) is 14.4. The van der Waals surface area contributed by atoms with Crippen LogP contribution in [0.5, 0.6) is 0 Å². The highest BCUT2D eigenvalue weighted by Crippen LogP contribution is 2.45. The maximum Gasteiger partial charge on any atom is 0.0428 e. The number of hydrogen-bond donors (Lipinski definition) is 0. The molecule has 0 atom stereocenters. The molecule has 0 saturated heterocycles. The van der Waals surface area contributed by atoms with Crippen molar-refractivity contribution in [2.45, 2.75) is 66.2 Å². The molecule has 31 heavy (non-hydrogen) atoms. The molecule has 1 heterocycles. The van der Waals surface area contributed by atoms with Gasteiger partial charge in [0.25, 0.3) is 0 Å². The van der Waals surface area contributed by atoms with E-state index in [1.54, 1.807) is 0 Å². The smallest absolute Gasteiger partial charge is 0.0428 e. The van der Waals surface area contributed by atoms with E-state index in [1.807, 2.05) is 11.3 Å². The summed E-state index contributed by atoms with van der Waals surface area (Å²) in [4.78, 5) is 2.74. The van der Waals surface area contributed by atoms with Crippen LogP contribution in [0.2, 0.25) is 0 Å². The zero-order chi connectivity index (χ0) is 22.6. The summed E-state index contributed by atoms with van der Waals surface area (Å²) < 4.78 is 0. The molecule has 4 aromatic rings. The maximum atomic E-state index is 2.38. The summed E-state index contributed by atoms with van der Waals surface area (Å²) in [6.07, 6.45) is 0. The normalized spacial score (nSPS) is 12.5. The molecule has 0 saturated carbocycles. The lowest BCUT2D eigenvalue weighted by molar-refractivity contribution is 0.590. The van der Waals surface area contributed by atoms with E-state index in [0.717, 1.165) is 0 Å². The number of aryl methyl sites for hydroxylation is 2. The zero-order valence-corrected chi connectivity index (χ0v) is 21.0. The monoisotopic (exact) mass is 426 g/mol. The molecule has 0 amide bonds. The summed E-state index contributed by atoms with van der Waals surface area (Å²) in [6, 6.07) is 23.1. The lowest BCUT2D eigenvalue weighted by Gasteiger charge is -2.19. The molecule has 1 aromatic heterocycles. The summed E-state index contributed by atoms with van der Waals surface area (Å²) in [6.45, 7) is 18.1. The minimum Gasteiger partial charge on any atom is -0.134 e. The number of fused-ring (bicyclic) bond motifs is 1. The van der Waals surface area contributed by atoms with Gasteiger partial charge >= 0.3 is 0 Å². The second-order valence-electron chi connectivity index (χ2n) is 10.9. The molecule has 0 bridgehead atoms. The summed E-state index contributed by atoms with van der Waals surface area (Å²) in [5, 5.41) is 2.73. The van der Waals surface area contributed by atoms with Crippen LogP contribution in [0.15, 0.2) is 60.7 Å². The Morgan fingerprint density at radius 3 is 1.13 bits per heavy atom. The first kappa shape index (κ1) is 21.8. The Hall–Kier alpha value is -2.38. The van der Waals surface area contributed by atoms with Crippen LogP contribution >= 0.6 is 11.3 Å². The third kappa shape index (κ3) is 4.21. The van der Waals surface area contributed by atoms with Gasteiger partial charge in [-0.15, -0.1) is 11.3 Å². The minimum absolute atomic E-state index is 0.170. The van der Waals surface area contributed by atoms with E-state index in [4.69, 9.17) is 0 Å². The van der Waals surface area contributed by atoms with Crippen LogP contribution in [-0.4, -0.2) is 0 Å². The minimum atomic E-state index is 0.170. The van der Waals surface area contributed by atoms with Crippen LogP contribution < -0.4 is 0 Å². The van der Waals surface area contributed by atoms with Gasteiger partial charge in [0, 0.05) is 20.5 Å². The molecule has 4 rings (SSSR count). The molecule has 0 nitrogen and oxygen atoms in total. The quantitative estimate of drug-likeness (QED) is 0.299. The van der Waals surface area contributed by atoms with Crippen molar-refractivity contribution in [2.24, 2.45) is 0 Å². The van der Waals surface area contributed by atoms with Gasteiger partial charge in [0.05, 0.1) is 0 Å². The Morgan fingerprint density at radius 1 is 0.516 bits per heavy atom. The highest BCUT2D eigenvalue weighted by Gasteiger charge is 2.19. The number of thiophene rings is 1. The molecular weight excluding hydrogens is 392 g/mol. The van der Waals surface area contributed by atoms with E-state index < -0.39 is 0 Å². The Labute approximate surface area is 192 Å². The van der Waals surface area contributed by atoms with Crippen molar-refractivity contribution in [3.8, 4) is 20.9 Å². The fourth-order valence-electron chi connectivity index (χ4n) is 4.08. The van der Waals surface area contributed by atoms with Gasteiger partial charge in [0.15, 0.2) is 0 Å². The van der Waals surface area contributed by atoms with E-state index in [9.17, 15) is 0 Å². The molecule has 160 valence electrons. The molecule has 0 aliphatic heterocycles. The van der Waals surface area contributed by atoms with E-state index in [2.05, 4.69) is 116 Å². The zero-order valence-electron chi connectivity index (χ0n) is 20.2. The number of benzene rings is 3. The third-order valence-electron chi connectivity index (χ3n) is 6.35. The number of hydrogen-bond acceptors (Lipinski definition) is 1. The van der Waals surface area contributed by atoms with E-state index in [-0.39, 0.29) is 10.8 Å². The van der Waals surface area contributed by atoms with Gasteiger partial charge in [-0.1, -0.05) is 90.1 Å². The predicted octanol–water partition coefficient (Wildman–Crippen LogP) is 9.45. The molecular formula is C30H34S. The lowest BCUT2D eigenvalue weighted by atomic mass is 9.86. The van der Waals surface area contributed by atoms with Crippen molar-refractivity contribution in [2.75, 3.05) is 0 Å². The summed E-state index contributed by atoms with van der Waals surface area (Å²) in [5.74, 6) is 0. The van der Waals surface area contributed by atoms with Crippen LogP contribution in [0.4, 0.5) is 0 Å². The van der Waals surface area contributed by atoms with Gasteiger partial charge in [0.1, 0.15) is 0 Å². The summed E-state index contributed by atoms with van der Waals surface area (Å²) >= 11 is 1.92. The Kier molecular flexibility index (Phi) is 5.38. The van der Waals surface area contributed by atoms with Gasteiger partial charge in [-0.2, -0.15) is 0 Å². The SMILES string of the molecule is Cc1cc2c(-c3ccc(C(C)(C)C)cc3)sc(-c3ccc(C(C)(C)C)cc3)c2cc1C. The van der Waals surface area contributed by atoms with Gasteiger partial charge in [0.2, 0.25) is 0 Å². The van der Waals surface area contributed by atoms with Crippen molar-refractivity contribution >= 4 is 22.1 Å². The average molecular weight is 427 g/mol. The van der Waals surface area contributed by atoms with Crippen LogP contribution in [0.1, 0.15) is 63.8 Å². The molecule has 0 fully saturated rings. The molecule has 0 unspecified atom stereocenters. The second kappa shape index (κ2) is 7.64. The van der Waals surface area contributed by atoms with Crippen molar-refractivity contribution < 1.29 is 0 Å². The maximum absolute atomic E-state index is 2.38. The van der Waals surface area contributed by atoms with Crippen molar-refractivity contribution in [1.29, 1.82) is 0 Å². The summed E-state index contributed by atoms with van der Waals surface area (Å²) in [7, 11) is 0. The predicted molar refractivity (Wildman–Crippen MR) is 140 cm³/mol. The fourth-order valence-corrected chi connectivity index (χ4v) is 5.35. The van der Waals surface area contributed by atoms with Crippen LogP contribution in [0.25, 0.3) is 31.7 Å². The standard InChI is InChI=1S/C30H34S/c1-19-17-25-26(18-20(19)2)28(22-11-15-24(16-12-22)30(6,7)8)31-27(25)21-9-13-23(14-10-21)29(3,4)5/h9-18H,1-8H3. The van der Waals surface area contributed by atoms with Crippen molar-refractivity contribution in [3.05, 3.63) is 82.9 Å². The highest BCUT2D eigenvalue weighted by molar-refractivity contribution is 7.21. The molecule has 1 heteroatoms. The number of rotatable bonds is 2. The molecule has 0 radical (unpaired) electrons. The van der Waals surface area contributed by atoms with Crippen LogP contribution in [0, 0.1) is 13.8 Å². The molecule has 0 aliphatic rings. The van der Waals surface area contributed by atoms with Gasteiger partial charge in [-0.05, 0) is 70.2 Å². The first-order valence-corrected chi connectivity index (χ1v) is 12.0. The van der Waals surface area contributed by atoms with Crippen LogP contribution in [0.3, 0.4) is 0 Å². The van der Waals surface area contributed by atoms with Gasteiger partial charge in [-0.25, -0.2) is 0 Å². The molecule has 0 aliphatic carbocycles. The topological polar surface area (TPSA) is 0 Å². The molecule has 3 aromatic carbocycles. The van der Waals surface area contributed by atoms with E-state index in [0.29, 0.717) is 0 Å². The molecule has 0 spiro atoms. The largest absolute Gasteiger partial charge is 0.134 e. The van der Waals surface area contributed by atoms with E-state index in [1.165, 1.54) is 53.9 Å². The third-order valence-corrected chi connectivity index (χ3v) is 7.67. The second-order valence-corrected chi connectivity index (χ2v) is 11.9. The molecule has 0 N–H and O–H groups in total. The fraction of sp³-hybridized carbons (Fsp3) is 0.333. The Balaban J connectivity index is 1.89. The van der Waals surface area contributed by atoms with E-state index >= 15 is 0 Å². The van der Waals surface area contributed by atoms with Gasteiger partial charge in [-0.3, -0.25) is 0 Å².